The van der Waals surface area contributed by atoms with Crippen molar-refractivity contribution >= 4 is 17.3 Å². The number of pyridine rings is 1. The molecule has 2 N–H and O–H groups in total. The highest BCUT2D eigenvalue weighted by Crippen LogP contribution is 2.28. The Morgan fingerprint density at radius 1 is 1.03 bits per heavy atom. The van der Waals surface area contributed by atoms with Crippen LogP contribution in [-0.4, -0.2) is 23.6 Å². The summed E-state index contributed by atoms with van der Waals surface area (Å²) in [6, 6.07) is 13.4. The number of ether oxygens (including phenoxy) is 1. The molecule has 1 heterocycles. The number of anilines is 2. The van der Waals surface area contributed by atoms with Gasteiger partial charge in [0.25, 0.3) is 5.91 Å². The second kappa shape index (κ2) is 9.51. The minimum Gasteiger partial charge on any atom is -0.488 e. The highest BCUT2D eigenvalue weighted by molar-refractivity contribution is 6.06. The SMILES string of the molecule is Cc1cc(C(=O)Nc2ccccc2NCC(F)(F)F)cc(C)c1OCc1cccnc1. The third-order valence-electron chi connectivity index (χ3n) is 4.48. The average molecular weight is 429 g/mol. The number of halogens is 3. The quantitative estimate of drug-likeness (QED) is 0.520. The fraction of sp³-hybridized carbons (Fsp3) is 0.217. The van der Waals surface area contributed by atoms with Gasteiger partial charge < -0.3 is 15.4 Å². The number of benzene rings is 2. The normalized spacial score (nSPS) is 11.1. The molecule has 0 aliphatic rings. The van der Waals surface area contributed by atoms with Crippen LogP contribution in [0.4, 0.5) is 24.5 Å². The molecular weight excluding hydrogens is 407 g/mol. The van der Waals surface area contributed by atoms with Gasteiger partial charge in [0.15, 0.2) is 0 Å². The lowest BCUT2D eigenvalue weighted by Gasteiger charge is -2.16. The van der Waals surface area contributed by atoms with Gasteiger partial charge in [-0.15, -0.1) is 0 Å². The molecule has 0 bridgehead atoms. The van der Waals surface area contributed by atoms with E-state index >= 15 is 0 Å². The van der Waals surface area contributed by atoms with Crippen molar-refractivity contribution in [2.75, 3.05) is 17.2 Å². The van der Waals surface area contributed by atoms with Crippen molar-refractivity contribution in [3.05, 3.63) is 83.2 Å². The van der Waals surface area contributed by atoms with E-state index in [9.17, 15) is 18.0 Å². The highest BCUT2D eigenvalue weighted by atomic mass is 19.4. The summed E-state index contributed by atoms with van der Waals surface area (Å²) in [5.41, 5.74) is 3.32. The molecule has 31 heavy (non-hydrogen) atoms. The van der Waals surface area contributed by atoms with Crippen LogP contribution in [0.1, 0.15) is 27.0 Å². The topological polar surface area (TPSA) is 63.2 Å². The zero-order chi connectivity index (χ0) is 22.4. The molecule has 0 fully saturated rings. The molecule has 1 aromatic heterocycles. The summed E-state index contributed by atoms with van der Waals surface area (Å²) in [4.78, 5) is 16.8. The number of hydrogen-bond donors (Lipinski definition) is 2. The molecule has 8 heteroatoms. The van der Waals surface area contributed by atoms with Gasteiger partial charge in [-0.05, 0) is 55.3 Å². The Bertz CT molecular complexity index is 1030. The largest absolute Gasteiger partial charge is 0.488 e. The molecule has 0 atom stereocenters. The maximum Gasteiger partial charge on any atom is 0.405 e. The number of nitrogens with zero attached hydrogens (tertiary/aromatic N) is 1. The number of amides is 1. The number of hydrogen-bond acceptors (Lipinski definition) is 4. The van der Waals surface area contributed by atoms with Gasteiger partial charge in [0.1, 0.15) is 18.9 Å². The number of nitrogens with one attached hydrogen (secondary N) is 2. The summed E-state index contributed by atoms with van der Waals surface area (Å²) in [5, 5.41) is 4.99. The third-order valence-corrected chi connectivity index (χ3v) is 4.48. The van der Waals surface area contributed by atoms with Gasteiger partial charge in [0.05, 0.1) is 11.4 Å². The molecule has 0 saturated carbocycles. The Hall–Kier alpha value is -3.55. The van der Waals surface area contributed by atoms with Gasteiger partial charge in [-0.25, -0.2) is 0 Å². The summed E-state index contributed by atoms with van der Waals surface area (Å²) in [6.45, 7) is 2.82. The molecule has 1 amide bonds. The first kappa shape index (κ1) is 22.1. The van der Waals surface area contributed by atoms with Crippen molar-refractivity contribution in [1.82, 2.24) is 4.98 Å². The summed E-state index contributed by atoms with van der Waals surface area (Å²) in [6.07, 6.45) is -0.960. The molecule has 3 rings (SSSR count). The lowest BCUT2D eigenvalue weighted by molar-refractivity contribution is -0.115. The van der Waals surface area contributed by atoms with Crippen LogP contribution in [-0.2, 0) is 6.61 Å². The number of para-hydroxylation sites is 2. The Kier molecular flexibility index (Phi) is 6.79. The number of rotatable bonds is 7. The summed E-state index contributed by atoms with van der Waals surface area (Å²) in [5.74, 6) is 0.249. The van der Waals surface area contributed by atoms with Gasteiger partial charge in [-0.1, -0.05) is 18.2 Å². The van der Waals surface area contributed by atoms with E-state index in [1.54, 1.807) is 42.7 Å². The van der Waals surface area contributed by atoms with E-state index in [1.807, 2.05) is 26.0 Å². The molecule has 0 radical (unpaired) electrons. The summed E-state index contributed by atoms with van der Waals surface area (Å²) < 4.78 is 43.5. The summed E-state index contributed by atoms with van der Waals surface area (Å²) in [7, 11) is 0. The second-order valence-electron chi connectivity index (χ2n) is 7.06. The molecule has 5 nitrogen and oxygen atoms in total. The number of carbonyl (C=O) groups is 1. The summed E-state index contributed by atoms with van der Waals surface area (Å²) >= 11 is 0. The van der Waals surface area contributed by atoms with Crippen LogP contribution in [0.15, 0.2) is 60.9 Å². The molecule has 2 aromatic carbocycles. The van der Waals surface area contributed by atoms with E-state index in [0.717, 1.165) is 16.7 Å². The fourth-order valence-corrected chi connectivity index (χ4v) is 3.08. The fourth-order valence-electron chi connectivity index (χ4n) is 3.08. The smallest absolute Gasteiger partial charge is 0.405 e. The van der Waals surface area contributed by atoms with Gasteiger partial charge in [0.2, 0.25) is 0 Å². The molecule has 0 aliphatic carbocycles. The van der Waals surface area contributed by atoms with E-state index in [0.29, 0.717) is 17.9 Å². The minimum atomic E-state index is -4.36. The Morgan fingerprint density at radius 2 is 1.71 bits per heavy atom. The van der Waals surface area contributed by atoms with Gasteiger partial charge in [0, 0.05) is 23.5 Å². The zero-order valence-electron chi connectivity index (χ0n) is 17.1. The van der Waals surface area contributed by atoms with Crippen molar-refractivity contribution in [3.8, 4) is 5.75 Å². The van der Waals surface area contributed by atoms with E-state index in [-0.39, 0.29) is 11.4 Å². The van der Waals surface area contributed by atoms with Crippen LogP contribution >= 0.6 is 0 Å². The van der Waals surface area contributed by atoms with Gasteiger partial charge in [-0.2, -0.15) is 13.2 Å². The predicted molar refractivity (Wildman–Crippen MR) is 113 cm³/mol. The van der Waals surface area contributed by atoms with Crippen molar-refractivity contribution in [3.63, 3.8) is 0 Å². The van der Waals surface area contributed by atoms with E-state index in [1.165, 1.54) is 6.07 Å². The van der Waals surface area contributed by atoms with Crippen LogP contribution < -0.4 is 15.4 Å². The van der Waals surface area contributed by atoms with Gasteiger partial charge in [-0.3, -0.25) is 9.78 Å². The van der Waals surface area contributed by atoms with Crippen LogP contribution in [0, 0.1) is 13.8 Å². The average Bonchev–Trinajstić information content (AvgIpc) is 2.72. The van der Waals surface area contributed by atoms with Crippen molar-refractivity contribution in [1.29, 1.82) is 0 Å². The first-order valence-electron chi connectivity index (χ1n) is 9.57. The molecule has 162 valence electrons. The Morgan fingerprint density at radius 3 is 2.32 bits per heavy atom. The van der Waals surface area contributed by atoms with Gasteiger partial charge >= 0.3 is 6.18 Å². The predicted octanol–water partition coefficient (Wildman–Crippen LogP) is 5.50. The van der Waals surface area contributed by atoms with Crippen molar-refractivity contribution < 1.29 is 22.7 Å². The van der Waals surface area contributed by atoms with E-state index < -0.39 is 18.6 Å². The van der Waals surface area contributed by atoms with Crippen molar-refractivity contribution in [2.24, 2.45) is 0 Å². The van der Waals surface area contributed by atoms with Crippen molar-refractivity contribution in [2.45, 2.75) is 26.6 Å². The van der Waals surface area contributed by atoms with Crippen LogP contribution in [0.3, 0.4) is 0 Å². The van der Waals surface area contributed by atoms with Crippen LogP contribution in [0.5, 0.6) is 5.75 Å². The van der Waals surface area contributed by atoms with Crippen LogP contribution in [0.2, 0.25) is 0 Å². The molecular formula is C23H22F3N3O2. The standard InChI is InChI=1S/C23H22F3N3O2/c1-15-10-18(11-16(2)21(15)31-13-17-6-5-9-27-12-17)22(30)29-20-8-4-3-7-19(20)28-14-23(24,25)26/h3-12,28H,13-14H2,1-2H3,(H,29,30). The number of aryl methyl sites for hydroxylation is 2. The van der Waals surface area contributed by atoms with Crippen LogP contribution in [0.25, 0.3) is 0 Å². The monoisotopic (exact) mass is 429 g/mol. The maximum atomic E-state index is 12.8. The first-order valence-corrected chi connectivity index (χ1v) is 9.57. The minimum absolute atomic E-state index is 0.193. The number of carbonyl (C=O) groups excluding carboxylic acids is 1. The number of alkyl halides is 3. The Labute approximate surface area is 178 Å². The lowest BCUT2D eigenvalue weighted by atomic mass is 10.0. The second-order valence-corrected chi connectivity index (χ2v) is 7.06. The lowest BCUT2D eigenvalue weighted by Crippen LogP contribution is -2.22. The Balaban J connectivity index is 1.73. The maximum absolute atomic E-state index is 12.8. The van der Waals surface area contributed by atoms with E-state index in [2.05, 4.69) is 15.6 Å². The third kappa shape index (κ3) is 6.21. The number of aromatic nitrogens is 1. The zero-order valence-corrected chi connectivity index (χ0v) is 17.1. The highest BCUT2D eigenvalue weighted by Gasteiger charge is 2.27. The molecule has 0 unspecified atom stereocenters. The molecule has 0 saturated heterocycles. The first-order chi connectivity index (χ1) is 14.7. The van der Waals surface area contributed by atoms with E-state index in [4.69, 9.17) is 4.74 Å². The molecule has 3 aromatic rings. The molecule has 0 spiro atoms. The molecule has 0 aliphatic heterocycles.